The van der Waals surface area contributed by atoms with E-state index in [2.05, 4.69) is 13.2 Å². The van der Waals surface area contributed by atoms with Crippen molar-refractivity contribution < 1.29 is 29.0 Å². The molecular weight excluding hydrogens is 496 g/mol. The summed E-state index contributed by atoms with van der Waals surface area (Å²) >= 11 is 0. The Hall–Kier alpha value is -2.97. The van der Waals surface area contributed by atoms with Crippen LogP contribution in [0.1, 0.15) is 58.6 Å². The molecule has 3 fully saturated rings. The monoisotopic (exact) mass is 538 g/mol. The molecule has 1 N–H and O–H groups in total. The first-order valence-corrected chi connectivity index (χ1v) is 14.0. The number of ether oxygens (including phenoxy) is 2. The summed E-state index contributed by atoms with van der Waals surface area (Å²) in [6.45, 7) is 15.4. The van der Waals surface area contributed by atoms with Crippen LogP contribution in [0.5, 0.6) is 0 Å². The maximum atomic E-state index is 14.5. The average molecular weight is 539 g/mol. The van der Waals surface area contributed by atoms with Gasteiger partial charge in [-0.25, -0.2) is 0 Å². The largest absolute Gasteiger partial charge is 0.465 e. The van der Waals surface area contributed by atoms with Gasteiger partial charge in [-0.05, 0) is 51.5 Å². The number of carbonyl (C=O) groups excluding carboxylic acids is 3. The van der Waals surface area contributed by atoms with E-state index < -0.39 is 41.1 Å². The normalized spacial score (nSPS) is 31.7. The number of rotatable bonds is 12. The molecule has 39 heavy (non-hydrogen) atoms. The van der Waals surface area contributed by atoms with Gasteiger partial charge in [0, 0.05) is 12.6 Å². The number of fused-ring (bicyclic) bond motifs is 1. The van der Waals surface area contributed by atoms with Crippen molar-refractivity contribution in [2.75, 3.05) is 19.8 Å². The average Bonchev–Trinajstić information content (AvgIpc) is 3.42. The Bertz CT molecular complexity index is 1110. The van der Waals surface area contributed by atoms with Gasteiger partial charge in [-0.15, -0.1) is 13.2 Å². The maximum absolute atomic E-state index is 14.5. The van der Waals surface area contributed by atoms with Crippen LogP contribution < -0.4 is 0 Å². The standard InChI is InChI=1S/C31H42N2O6/c1-7-9-13-17-38-29(37)25-24-27(35)33(23(19-34)22-14-11-10-12-15-22)26(28(36)32(16-8-2)20(3)4)31(24)18-21(5)30(25,6)39-31/h7-8,10-12,14-15,20-21,23-26,34H,1-2,9,13,16-19H2,3-6H3/t21?,23-,24+,25-,26?,30+,31?/m1/s1. The first kappa shape index (κ1) is 29.0. The van der Waals surface area contributed by atoms with E-state index >= 15 is 0 Å². The van der Waals surface area contributed by atoms with E-state index in [1.54, 1.807) is 17.1 Å². The Kier molecular flexibility index (Phi) is 8.38. The molecule has 0 aliphatic carbocycles. The van der Waals surface area contributed by atoms with E-state index in [9.17, 15) is 19.5 Å². The van der Waals surface area contributed by atoms with Crippen molar-refractivity contribution in [3.63, 3.8) is 0 Å². The summed E-state index contributed by atoms with van der Waals surface area (Å²) in [7, 11) is 0. The molecule has 1 spiro atoms. The van der Waals surface area contributed by atoms with Gasteiger partial charge >= 0.3 is 5.97 Å². The molecule has 3 aliphatic heterocycles. The van der Waals surface area contributed by atoms with Crippen molar-refractivity contribution >= 4 is 17.8 Å². The summed E-state index contributed by atoms with van der Waals surface area (Å²) < 4.78 is 12.5. The van der Waals surface area contributed by atoms with Crippen molar-refractivity contribution in [3.8, 4) is 0 Å². The van der Waals surface area contributed by atoms with E-state index in [-0.39, 0.29) is 37.0 Å². The van der Waals surface area contributed by atoms with Crippen molar-refractivity contribution in [2.24, 2.45) is 17.8 Å². The van der Waals surface area contributed by atoms with Crippen molar-refractivity contribution in [2.45, 2.75) is 76.3 Å². The van der Waals surface area contributed by atoms with Gasteiger partial charge in [0.15, 0.2) is 0 Å². The van der Waals surface area contributed by atoms with Crippen LogP contribution in [0.4, 0.5) is 0 Å². The van der Waals surface area contributed by atoms with Crippen LogP contribution in [0, 0.1) is 17.8 Å². The van der Waals surface area contributed by atoms with Crippen LogP contribution in [0.3, 0.4) is 0 Å². The molecule has 212 valence electrons. The SMILES string of the molecule is C=CCCCOC(=O)[C@H]1[C@H]2C(=O)N([C@H](CO)c3ccccc3)C(C(=O)N(CC=C)C(C)C)C23CC(C)[C@]1(C)O3. The molecule has 1 aromatic carbocycles. The lowest BCUT2D eigenvalue weighted by atomic mass is 9.62. The molecule has 2 amide bonds. The first-order chi connectivity index (χ1) is 18.6. The third-order valence-corrected chi connectivity index (χ3v) is 8.96. The number of hydrogen-bond acceptors (Lipinski definition) is 6. The van der Waals surface area contributed by atoms with Crippen LogP contribution >= 0.6 is 0 Å². The highest BCUT2D eigenvalue weighted by Gasteiger charge is 2.80. The molecule has 4 rings (SSSR count). The van der Waals surface area contributed by atoms with Gasteiger partial charge < -0.3 is 24.4 Å². The number of benzene rings is 1. The molecule has 3 heterocycles. The zero-order valence-electron chi connectivity index (χ0n) is 23.5. The number of allylic oxidation sites excluding steroid dienone is 1. The van der Waals surface area contributed by atoms with Gasteiger partial charge in [0.25, 0.3) is 0 Å². The fourth-order valence-corrected chi connectivity index (χ4v) is 7.02. The third-order valence-electron chi connectivity index (χ3n) is 8.96. The Morgan fingerprint density at radius 3 is 2.54 bits per heavy atom. The number of amides is 2. The lowest BCUT2D eigenvalue weighted by Gasteiger charge is -2.40. The predicted octanol–water partition coefficient (Wildman–Crippen LogP) is 3.66. The Balaban J connectivity index is 1.83. The fourth-order valence-electron chi connectivity index (χ4n) is 7.02. The van der Waals surface area contributed by atoms with Gasteiger partial charge in [0.2, 0.25) is 11.8 Å². The Labute approximate surface area is 231 Å². The topological polar surface area (TPSA) is 96.4 Å². The van der Waals surface area contributed by atoms with Crippen molar-refractivity contribution in [3.05, 3.63) is 61.2 Å². The minimum atomic E-state index is -1.22. The second-order valence-corrected chi connectivity index (χ2v) is 11.5. The number of unbranched alkanes of at least 4 members (excludes halogenated alkanes) is 1. The molecule has 3 saturated heterocycles. The van der Waals surface area contributed by atoms with E-state index in [4.69, 9.17) is 9.47 Å². The second-order valence-electron chi connectivity index (χ2n) is 11.5. The fraction of sp³-hybridized carbons (Fsp3) is 0.581. The van der Waals surface area contributed by atoms with Gasteiger partial charge in [-0.3, -0.25) is 14.4 Å². The minimum absolute atomic E-state index is 0.0984. The molecule has 0 aromatic heterocycles. The lowest BCUT2D eigenvalue weighted by Crippen LogP contribution is -2.58. The molecule has 3 aliphatic rings. The zero-order valence-corrected chi connectivity index (χ0v) is 23.5. The first-order valence-electron chi connectivity index (χ1n) is 14.0. The maximum Gasteiger partial charge on any atom is 0.312 e. The quantitative estimate of drug-likeness (QED) is 0.248. The molecule has 8 nitrogen and oxygen atoms in total. The molecule has 8 heteroatoms. The summed E-state index contributed by atoms with van der Waals surface area (Å²) in [5.41, 5.74) is -1.47. The highest BCUT2D eigenvalue weighted by atomic mass is 16.6. The highest BCUT2D eigenvalue weighted by molar-refractivity contribution is 5.99. The number of likely N-dealkylation sites (tertiary alicyclic amines) is 1. The number of nitrogens with zero attached hydrogens (tertiary/aromatic N) is 2. The minimum Gasteiger partial charge on any atom is -0.465 e. The summed E-state index contributed by atoms with van der Waals surface area (Å²) in [6.07, 6.45) is 5.22. The van der Waals surface area contributed by atoms with Gasteiger partial charge in [-0.2, -0.15) is 0 Å². The van der Waals surface area contributed by atoms with Crippen molar-refractivity contribution in [1.82, 2.24) is 9.80 Å². The number of aliphatic hydroxyl groups is 1. The Morgan fingerprint density at radius 2 is 1.95 bits per heavy atom. The predicted molar refractivity (Wildman–Crippen MR) is 147 cm³/mol. The Morgan fingerprint density at radius 1 is 1.26 bits per heavy atom. The third kappa shape index (κ3) is 4.61. The molecular formula is C31H42N2O6. The highest BCUT2D eigenvalue weighted by Crippen LogP contribution is 2.66. The summed E-state index contributed by atoms with van der Waals surface area (Å²) in [5.74, 6) is -2.96. The molecule has 0 saturated carbocycles. The molecule has 7 atom stereocenters. The van der Waals surface area contributed by atoms with E-state index in [1.807, 2.05) is 58.0 Å². The van der Waals surface area contributed by atoms with E-state index in [0.717, 1.165) is 0 Å². The summed E-state index contributed by atoms with van der Waals surface area (Å²) in [5, 5.41) is 10.6. The van der Waals surface area contributed by atoms with Crippen LogP contribution in [0.15, 0.2) is 55.6 Å². The smallest absolute Gasteiger partial charge is 0.312 e. The summed E-state index contributed by atoms with van der Waals surface area (Å²) in [4.78, 5) is 45.7. The van der Waals surface area contributed by atoms with Gasteiger partial charge in [-0.1, -0.05) is 49.4 Å². The lowest BCUT2D eigenvalue weighted by molar-refractivity contribution is -0.164. The van der Waals surface area contributed by atoms with Crippen LogP contribution in [-0.2, 0) is 23.9 Å². The van der Waals surface area contributed by atoms with Crippen LogP contribution in [-0.4, -0.2) is 75.7 Å². The number of carbonyl (C=O) groups is 3. The molecule has 1 aromatic rings. The second kappa shape index (κ2) is 11.3. The van der Waals surface area contributed by atoms with Crippen LogP contribution in [0.2, 0.25) is 0 Å². The van der Waals surface area contributed by atoms with Crippen molar-refractivity contribution in [1.29, 1.82) is 0 Å². The van der Waals surface area contributed by atoms with Gasteiger partial charge in [0.05, 0.1) is 30.8 Å². The van der Waals surface area contributed by atoms with E-state index in [0.29, 0.717) is 31.4 Å². The molecule has 0 radical (unpaired) electrons. The molecule has 3 unspecified atom stereocenters. The number of aliphatic hydroxyl groups excluding tert-OH is 1. The summed E-state index contributed by atoms with van der Waals surface area (Å²) in [6, 6.07) is 7.23. The number of esters is 1. The zero-order chi connectivity index (χ0) is 28.5. The van der Waals surface area contributed by atoms with Gasteiger partial charge in [0.1, 0.15) is 17.6 Å². The van der Waals surface area contributed by atoms with E-state index in [1.165, 1.54) is 4.90 Å². The molecule has 2 bridgehead atoms. The van der Waals surface area contributed by atoms with Crippen LogP contribution in [0.25, 0.3) is 0 Å². The number of hydrogen-bond donors (Lipinski definition) is 1.